The first-order chi connectivity index (χ1) is 17.1. The number of benzene rings is 2. The zero-order valence-electron chi connectivity index (χ0n) is 18.4. The normalized spacial score (nSPS) is 18.8. The summed E-state index contributed by atoms with van der Waals surface area (Å²) in [6.07, 6.45) is -3.01. The van der Waals surface area contributed by atoms with Gasteiger partial charge in [0.25, 0.3) is 11.8 Å². The van der Waals surface area contributed by atoms with Gasteiger partial charge in [0, 0.05) is 36.3 Å². The molecule has 5 rings (SSSR count). The van der Waals surface area contributed by atoms with Crippen LogP contribution in [0.25, 0.3) is 11.5 Å². The summed E-state index contributed by atoms with van der Waals surface area (Å²) in [7, 11) is -4.02. The Balaban J connectivity index is 1.39. The molecule has 14 heteroatoms. The Hall–Kier alpha value is -3.36. The van der Waals surface area contributed by atoms with Crippen LogP contribution in [0, 0.1) is 11.6 Å². The number of hydrogen-bond donors (Lipinski definition) is 0. The molecule has 0 unspecified atom stereocenters. The maximum atomic E-state index is 14.9. The fraction of sp³-hybridized carbons (Fsp3) is 0.318. The number of aromatic nitrogens is 2. The first kappa shape index (κ1) is 24.3. The van der Waals surface area contributed by atoms with Gasteiger partial charge < -0.3 is 14.1 Å². The largest absolute Gasteiger partial charge is 0.415 e. The zero-order chi connectivity index (χ0) is 25.6. The Labute approximate surface area is 202 Å². The van der Waals surface area contributed by atoms with Crippen LogP contribution in [0.1, 0.15) is 28.2 Å². The maximum absolute atomic E-state index is 14.9. The van der Waals surface area contributed by atoms with Crippen LogP contribution in [-0.4, -0.2) is 66.1 Å². The molecule has 2 aromatic carbocycles. The Kier molecular flexibility index (Phi) is 6.26. The van der Waals surface area contributed by atoms with E-state index in [1.54, 1.807) is 0 Å². The number of amides is 1. The molecule has 0 saturated carbocycles. The van der Waals surface area contributed by atoms with Crippen LogP contribution in [0.15, 0.2) is 45.7 Å². The third kappa shape index (κ3) is 4.35. The third-order valence-corrected chi connectivity index (χ3v) is 7.93. The highest BCUT2D eigenvalue weighted by Gasteiger charge is 2.39. The number of carbonyl (C=O) groups excluding carboxylic acids is 1. The highest BCUT2D eigenvalue weighted by atomic mass is 32.2. The maximum Gasteiger partial charge on any atom is 0.314 e. The van der Waals surface area contributed by atoms with Crippen molar-refractivity contribution in [2.24, 2.45) is 0 Å². The Morgan fingerprint density at radius 2 is 1.86 bits per heavy atom. The molecule has 0 N–H and O–H groups in total. The minimum atomic E-state index is -4.02. The molecular weight excluding hydrogens is 508 g/mol. The molecule has 1 amide bonds. The van der Waals surface area contributed by atoms with E-state index in [-0.39, 0.29) is 60.3 Å². The first-order valence-corrected chi connectivity index (χ1v) is 12.2. The van der Waals surface area contributed by atoms with Gasteiger partial charge in [0.15, 0.2) is 0 Å². The quantitative estimate of drug-likeness (QED) is 0.455. The Morgan fingerprint density at radius 1 is 1.11 bits per heavy atom. The van der Waals surface area contributed by atoms with E-state index >= 15 is 0 Å². The monoisotopic (exact) mass is 526 g/mol. The van der Waals surface area contributed by atoms with Crippen LogP contribution >= 0.6 is 0 Å². The molecule has 2 aliphatic heterocycles. The van der Waals surface area contributed by atoms with E-state index in [1.807, 2.05) is 0 Å². The molecular formula is C22H18F4N4O5S. The minimum absolute atomic E-state index is 0.00727. The number of carbonyl (C=O) groups is 1. The molecule has 3 aromatic rings. The molecule has 3 heterocycles. The van der Waals surface area contributed by atoms with Gasteiger partial charge in [0.05, 0.1) is 24.2 Å². The summed E-state index contributed by atoms with van der Waals surface area (Å²) in [6, 6.07) is 5.89. The number of morpholine rings is 1. The summed E-state index contributed by atoms with van der Waals surface area (Å²) >= 11 is 0. The lowest BCUT2D eigenvalue weighted by Gasteiger charge is -2.36. The first-order valence-electron chi connectivity index (χ1n) is 10.7. The Morgan fingerprint density at radius 3 is 2.56 bits per heavy atom. The van der Waals surface area contributed by atoms with Crippen molar-refractivity contribution >= 4 is 15.9 Å². The summed E-state index contributed by atoms with van der Waals surface area (Å²) in [5.41, 5.74) is 0.0100. The van der Waals surface area contributed by atoms with Crippen LogP contribution in [0.2, 0.25) is 0 Å². The lowest BCUT2D eigenvalue weighted by atomic mass is 10.1. The van der Waals surface area contributed by atoms with Gasteiger partial charge in [0.2, 0.25) is 15.9 Å². The average molecular weight is 526 g/mol. The van der Waals surface area contributed by atoms with Crippen LogP contribution in [0.5, 0.6) is 0 Å². The van der Waals surface area contributed by atoms with E-state index in [9.17, 15) is 30.8 Å². The molecule has 36 heavy (non-hydrogen) atoms. The topological polar surface area (TPSA) is 106 Å². The molecule has 190 valence electrons. The van der Waals surface area contributed by atoms with Crippen molar-refractivity contribution in [3.05, 3.63) is 65.1 Å². The van der Waals surface area contributed by atoms with E-state index in [0.29, 0.717) is 0 Å². The summed E-state index contributed by atoms with van der Waals surface area (Å²) in [6.45, 7) is -0.0891. The number of rotatable bonds is 6. The minimum Gasteiger partial charge on any atom is -0.415 e. The van der Waals surface area contributed by atoms with Crippen LogP contribution in [-0.2, 0) is 21.3 Å². The second-order valence-corrected chi connectivity index (χ2v) is 10.1. The highest BCUT2D eigenvalue weighted by molar-refractivity contribution is 7.89. The van der Waals surface area contributed by atoms with Gasteiger partial charge in [-0.3, -0.25) is 4.79 Å². The van der Waals surface area contributed by atoms with Crippen molar-refractivity contribution in [3.8, 4) is 11.5 Å². The summed E-state index contributed by atoms with van der Waals surface area (Å²) < 4.78 is 91.6. The number of fused-ring (bicyclic) bond motifs is 1. The predicted molar refractivity (Wildman–Crippen MR) is 114 cm³/mol. The van der Waals surface area contributed by atoms with Gasteiger partial charge in [0.1, 0.15) is 11.6 Å². The van der Waals surface area contributed by atoms with Crippen molar-refractivity contribution < 1.29 is 39.9 Å². The number of alkyl halides is 2. The van der Waals surface area contributed by atoms with E-state index in [2.05, 4.69) is 10.2 Å². The lowest BCUT2D eigenvalue weighted by molar-refractivity contribution is 0.0183. The third-order valence-electron chi connectivity index (χ3n) is 5.96. The molecule has 0 spiro atoms. The number of nitrogens with zero attached hydrogens (tertiary/aromatic N) is 4. The van der Waals surface area contributed by atoms with E-state index in [0.717, 1.165) is 30.3 Å². The van der Waals surface area contributed by atoms with Crippen LogP contribution in [0.4, 0.5) is 17.6 Å². The summed E-state index contributed by atoms with van der Waals surface area (Å²) in [4.78, 5) is 14.3. The molecule has 0 aliphatic carbocycles. The van der Waals surface area contributed by atoms with Crippen molar-refractivity contribution in [3.63, 3.8) is 0 Å². The van der Waals surface area contributed by atoms with Crippen molar-refractivity contribution in [1.82, 2.24) is 19.4 Å². The molecule has 9 nitrogen and oxygen atoms in total. The van der Waals surface area contributed by atoms with Crippen molar-refractivity contribution in [2.45, 2.75) is 23.9 Å². The molecule has 0 radical (unpaired) electrons. The van der Waals surface area contributed by atoms with Gasteiger partial charge in [-0.1, -0.05) is 0 Å². The summed E-state index contributed by atoms with van der Waals surface area (Å²) in [5.74, 6) is -3.23. The second-order valence-electron chi connectivity index (χ2n) is 8.21. The molecule has 1 aromatic heterocycles. The summed E-state index contributed by atoms with van der Waals surface area (Å²) in [5, 5.41) is 6.69. The zero-order valence-corrected chi connectivity index (χ0v) is 19.2. The second kappa shape index (κ2) is 9.26. The van der Waals surface area contributed by atoms with E-state index in [4.69, 9.17) is 9.15 Å². The number of halogens is 4. The molecule has 0 bridgehead atoms. The fourth-order valence-corrected chi connectivity index (χ4v) is 5.81. The predicted octanol–water partition coefficient (Wildman–Crippen LogP) is 3.00. The smallest absolute Gasteiger partial charge is 0.314 e. The standard InChI is InChI=1S/C22H18F4N4O5S/c23-13-1-3-15(4-2-13)36(32,33)30-5-6-34-11-14(30)9-29-10-17-16(22(29)31)7-12(8-18(17)24)20-27-28-21(35-20)19(25)26/h1-4,7-8,14,19H,5-6,9-11H2/t14-/m0/s1. The SMILES string of the molecule is O=C1c2cc(-c3nnc(C(F)F)o3)cc(F)c2CN1C[C@H]1COCCN1S(=O)(=O)c1ccc(F)cc1. The van der Waals surface area contributed by atoms with Gasteiger partial charge in [-0.25, -0.2) is 17.2 Å². The Bertz CT molecular complexity index is 1410. The molecule has 1 saturated heterocycles. The van der Waals surface area contributed by atoms with Gasteiger partial charge in [-0.2, -0.15) is 13.1 Å². The van der Waals surface area contributed by atoms with Crippen LogP contribution in [0.3, 0.4) is 0 Å². The fourth-order valence-electron chi connectivity index (χ4n) is 4.23. The molecule has 2 aliphatic rings. The van der Waals surface area contributed by atoms with Gasteiger partial charge >= 0.3 is 6.43 Å². The van der Waals surface area contributed by atoms with Crippen molar-refractivity contribution in [1.29, 1.82) is 0 Å². The number of hydrogen-bond acceptors (Lipinski definition) is 7. The van der Waals surface area contributed by atoms with Crippen molar-refractivity contribution in [2.75, 3.05) is 26.3 Å². The van der Waals surface area contributed by atoms with Crippen LogP contribution < -0.4 is 0 Å². The number of sulfonamides is 1. The average Bonchev–Trinajstić information content (AvgIpc) is 3.46. The van der Waals surface area contributed by atoms with Gasteiger partial charge in [-0.15, -0.1) is 10.2 Å². The highest BCUT2D eigenvalue weighted by Crippen LogP contribution is 2.32. The molecule has 1 fully saturated rings. The van der Waals surface area contributed by atoms with E-state index < -0.39 is 45.9 Å². The van der Waals surface area contributed by atoms with Gasteiger partial charge in [-0.05, 0) is 36.4 Å². The molecule has 1 atom stereocenters. The lowest BCUT2D eigenvalue weighted by Crippen LogP contribution is -2.53. The van der Waals surface area contributed by atoms with E-state index in [1.165, 1.54) is 15.3 Å². The number of ether oxygens (including phenoxy) is 1.